The monoisotopic (exact) mass is 479 g/mol. The highest BCUT2D eigenvalue weighted by Gasteiger charge is 2.35. The first-order valence-electron chi connectivity index (χ1n) is 11.6. The molecule has 0 aliphatic rings. The van der Waals surface area contributed by atoms with Gasteiger partial charge in [-0.05, 0) is 38.8 Å². The normalized spacial score (nSPS) is 12.0. The number of aryl methyl sites for hydroxylation is 2. The Bertz CT molecular complexity index is 1130. The molecule has 186 valence electrons. The summed E-state index contributed by atoms with van der Waals surface area (Å²) in [5.74, 6) is -2.31. The zero-order valence-corrected chi connectivity index (χ0v) is 20.3. The van der Waals surface area contributed by atoms with Crippen LogP contribution in [0.2, 0.25) is 0 Å². The lowest BCUT2D eigenvalue weighted by atomic mass is 10.0. The summed E-state index contributed by atoms with van der Waals surface area (Å²) >= 11 is 0. The minimum absolute atomic E-state index is 0.0948. The average Bonchev–Trinajstić information content (AvgIpc) is 3.44. The van der Waals surface area contributed by atoms with E-state index in [-0.39, 0.29) is 12.3 Å². The smallest absolute Gasteiger partial charge is 0.446 e. The van der Waals surface area contributed by atoms with Crippen LogP contribution >= 0.6 is 0 Å². The van der Waals surface area contributed by atoms with E-state index in [1.54, 1.807) is 6.20 Å². The van der Waals surface area contributed by atoms with Crippen LogP contribution < -0.4 is 10.2 Å². The number of hydrogen-bond acceptors (Lipinski definition) is 5. The third-order valence-corrected chi connectivity index (χ3v) is 6.04. The number of aromatic nitrogens is 3. The molecule has 3 aromatic heterocycles. The van der Waals surface area contributed by atoms with Crippen LogP contribution in [0.1, 0.15) is 74.0 Å². The van der Waals surface area contributed by atoms with E-state index in [1.165, 1.54) is 0 Å². The molecule has 0 radical (unpaired) electrons. The third-order valence-electron chi connectivity index (χ3n) is 6.04. The van der Waals surface area contributed by atoms with Crippen molar-refractivity contribution in [2.75, 3.05) is 11.9 Å². The number of carbonyl (C=O) groups excluding carboxylic acids is 1. The number of anilines is 1. The average molecular weight is 480 g/mol. The number of halogens is 3. The molecule has 1 N–H and O–H groups in total. The number of furan rings is 1. The molecule has 1 amide bonds. The summed E-state index contributed by atoms with van der Waals surface area (Å²) in [5.41, 5.74) is 3.24. The molecule has 3 aromatic rings. The quantitative estimate of drug-likeness (QED) is 0.403. The van der Waals surface area contributed by atoms with Gasteiger partial charge in [0, 0.05) is 37.4 Å². The third kappa shape index (κ3) is 5.20. The SMILES string of the molecule is CCCC(CCC)N(C)c1c(CNC(=O)c2ccc(C(F)(F)F)o2)c(C)nc2c1cnn2CC. The summed E-state index contributed by atoms with van der Waals surface area (Å²) in [6, 6.07) is 2.08. The van der Waals surface area contributed by atoms with E-state index < -0.39 is 17.8 Å². The lowest BCUT2D eigenvalue weighted by Crippen LogP contribution is -2.34. The minimum Gasteiger partial charge on any atom is -0.446 e. The Balaban J connectivity index is 1.99. The first kappa shape index (κ1) is 25.6. The molecule has 3 heterocycles. The molecule has 0 aliphatic carbocycles. The van der Waals surface area contributed by atoms with Crippen molar-refractivity contribution < 1.29 is 22.4 Å². The Labute approximate surface area is 197 Å². The molecule has 7 nitrogen and oxygen atoms in total. The highest BCUT2D eigenvalue weighted by Crippen LogP contribution is 2.34. The Morgan fingerprint density at radius 3 is 2.44 bits per heavy atom. The molecule has 0 bridgehead atoms. The van der Waals surface area contributed by atoms with Crippen molar-refractivity contribution in [1.29, 1.82) is 0 Å². The van der Waals surface area contributed by atoms with E-state index in [0.717, 1.165) is 65.8 Å². The minimum atomic E-state index is -4.65. The molecule has 0 spiro atoms. The van der Waals surface area contributed by atoms with Crippen molar-refractivity contribution >= 4 is 22.6 Å². The number of nitrogens with zero attached hydrogens (tertiary/aromatic N) is 4. The van der Waals surface area contributed by atoms with Gasteiger partial charge in [0.15, 0.2) is 11.4 Å². The number of alkyl halides is 3. The van der Waals surface area contributed by atoms with Crippen molar-refractivity contribution in [1.82, 2.24) is 20.1 Å². The fourth-order valence-electron chi connectivity index (χ4n) is 4.32. The van der Waals surface area contributed by atoms with Gasteiger partial charge in [0.2, 0.25) is 5.76 Å². The van der Waals surface area contributed by atoms with Gasteiger partial charge in [0.1, 0.15) is 0 Å². The topological polar surface area (TPSA) is 76.2 Å². The van der Waals surface area contributed by atoms with Crippen LogP contribution in [0.15, 0.2) is 22.7 Å². The van der Waals surface area contributed by atoms with Crippen LogP contribution in [-0.2, 0) is 19.3 Å². The predicted molar refractivity (Wildman–Crippen MR) is 125 cm³/mol. The molecular formula is C24H32F3N5O2. The zero-order valence-electron chi connectivity index (χ0n) is 20.3. The lowest BCUT2D eigenvalue weighted by molar-refractivity contribution is -0.153. The highest BCUT2D eigenvalue weighted by atomic mass is 19.4. The fraction of sp³-hybridized carbons (Fsp3) is 0.542. The number of hydrogen-bond donors (Lipinski definition) is 1. The summed E-state index contributed by atoms with van der Waals surface area (Å²) in [5, 5.41) is 8.07. The molecule has 0 unspecified atom stereocenters. The molecule has 0 fully saturated rings. The summed E-state index contributed by atoms with van der Waals surface area (Å²) in [6.45, 7) is 8.93. The Kier molecular flexibility index (Phi) is 7.89. The second-order valence-electron chi connectivity index (χ2n) is 8.41. The number of rotatable bonds is 10. The molecule has 0 atom stereocenters. The van der Waals surface area contributed by atoms with Crippen molar-refractivity contribution in [3.05, 3.63) is 41.1 Å². The molecule has 3 rings (SSSR count). The second-order valence-corrected chi connectivity index (χ2v) is 8.41. The van der Waals surface area contributed by atoms with E-state index >= 15 is 0 Å². The van der Waals surface area contributed by atoms with Gasteiger partial charge in [-0.1, -0.05) is 26.7 Å². The van der Waals surface area contributed by atoms with Gasteiger partial charge in [0.05, 0.1) is 17.3 Å². The molecule has 34 heavy (non-hydrogen) atoms. The maximum atomic E-state index is 12.8. The van der Waals surface area contributed by atoms with Crippen LogP contribution in [-0.4, -0.2) is 33.8 Å². The number of pyridine rings is 1. The summed E-state index contributed by atoms with van der Waals surface area (Å²) in [7, 11) is 2.04. The number of nitrogens with one attached hydrogen (secondary N) is 1. The van der Waals surface area contributed by atoms with Gasteiger partial charge in [-0.2, -0.15) is 18.3 Å². The van der Waals surface area contributed by atoms with Crippen molar-refractivity contribution in [3.8, 4) is 0 Å². The first-order chi connectivity index (χ1) is 16.1. The predicted octanol–water partition coefficient (Wildman–Crippen LogP) is 5.71. The maximum Gasteiger partial charge on any atom is 0.449 e. The summed E-state index contributed by atoms with van der Waals surface area (Å²) in [6.07, 6.45) is 1.22. The second kappa shape index (κ2) is 10.5. The van der Waals surface area contributed by atoms with Crippen molar-refractivity contribution in [3.63, 3.8) is 0 Å². The highest BCUT2D eigenvalue weighted by molar-refractivity contribution is 5.94. The maximum absolute atomic E-state index is 12.8. The molecule has 10 heteroatoms. The summed E-state index contributed by atoms with van der Waals surface area (Å²) in [4.78, 5) is 19.6. The van der Waals surface area contributed by atoms with Gasteiger partial charge in [-0.15, -0.1) is 0 Å². The molecule has 0 saturated carbocycles. The van der Waals surface area contributed by atoms with Crippen LogP contribution in [0.5, 0.6) is 0 Å². The number of fused-ring (bicyclic) bond motifs is 1. The Morgan fingerprint density at radius 1 is 1.21 bits per heavy atom. The van der Waals surface area contributed by atoms with E-state index in [0.29, 0.717) is 12.6 Å². The van der Waals surface area contributed by atoms with E-state index in [9.17, 15) is 18.0 Å². The van der Waals surface area contributed by atoms with E-state index in [1.807, 2.05) is 25.6 Å². The van der Waals surface area contributed by atoms with E-state index in [2.05, 4.69) is 29.2 Å². The molecule has 0 aliphatic heterocycles. The molecule has 0 aromatic carbocycles. The van der Waals surface area contributed by atoms with Crippen molar-refractivity contribution in [2.24, 2.45) is 0 Å². The van der Waals surface area contributed by atoms with Gasteiger partial charge in [-0.3, -0.25) is 4.79 Å². The van der Waals surface area contributed by atoms with Crippen LogP contribution in [0, 0.1) is 6.92 Å². The van der Waals surface area contributed by atoms with Gasteiger partial charge in [-0.25, -0.2) is 9.67 Å². The van der Waals surface area contributed by atoms with Gasteiger partial charge in [0.25, 0.3) is 5.91 Å². The van der Waals surface area contributed by atoms with Gasteiger partial charge < -0.3 is 14.6 Å². The lowest BCUT2D eigenvalue weighted by Gasteiger charge is -2.32. The Hall–Kier alpha value is -3.04. The van der Waals surface area contributed by atoms with Crippen LogP contribution in [0.3, 0.4) is 0 Å². The van der Waals surface area contributed by atoms with Crippen molar-refractivity contribution in [2.45, 2.75) is 78.7 Å². The first-order valence-corrected chi connectivity index (χ1v) is 11.6. The largest absolute Gasteiger partial charge is 0.449 e. The zero-order chi connectivity index (χ0) is 25.0. The van der Waals surface area contributed by atoms with E-state index in [4.69, 9.17) is 9.40 Å². The van der Waals surface area contributed by atoms with Crippen LogP contribution in [0.25, 0.3) is 11.0 Å². The van der Waals surface area contributed by atoms with Gasteiger partial charge >= 0.3 is 6.18 Å². The fourth-order valence-corrected chi connectivity index (χ4v) is 4.32. The number of carbonyl (C=O) groups is 1. The molecule has 0 saturated heterocycles. The standard InChI is InChI=1S/C24H32F3N5O2/c1-6-9-16(10-7-2)31(5)21-17(15(4)30-22-18(21)14-29-32(22)8-3)13-28-23(33)19-11-12-20(34-19)24(25,26)27/h11-12,14,16H,6-10,13H2,1-5H3,(H,28,33). The Morgan fingerprint density at radius 2 is 1.88 bits per heavy atom. The summed E-state index contributed by atoms with van der Waals surface area (Å²) < 4.78 is 45.1. The number of amides is 1. The van der Waals surface area contributed by atoms with Crippen LogP contribution in [0.4, 0.5) is 18.9 Å². The molecular weight excluding hydrogens is 447 g/mol.